The Morgan fingerprint density at radius 1 is 1.31 bits per heavy atom. The molecule has 35 heavy (non-hydrogen) atoms. The van der Waals surface area contributed by atoms with Gasteiger partial charge in [0.2, 0.25) is 5.91 Å². The van der Waals surface area contributed by atoms with E-state index in [-0.39, 0.29) is 39.1 Å². The van der Waals surface area contributed by atoms with E-state index in [4.69, 9.17) is 14.0 Å². The topological polar surface area (TPSA) is 101 Å². The molecule has 9 nitrogen and oxygen atoms in total. The Balaban J connectivity index is 1.53. The lowest BCUT2D eigenvalue weighted by atomic mass is 9.78. The van der Waals surface area contributed by atoms with Gasteiger partial charge in [-0.15, -0.1) is 0 Å². The summed E-state index contributed by atoms with van der Waals surface area (Å²) >= 11 is 0. The molecule has 3 aliphatic heterocycles. The van der Waals surface area contributed by atoms with Crippen molar-refractivity contribution in [3.63, 3.8) is 0 Å². The Bertz CT molecular complexity index is 1010. The number of benzene rings is 1. The van der Waals surface area contributed by atoms with Crippen LogP contribution in [-0.2, 0) is 25.4 Å². The zero-order valence-electron chi connectivity index (χ0n) is 21.1. The summed E-state index contributed by atoms with van der Waals surface area (Å²) in [7, 11) is 1.48. The number of ether oxygens (including phenoxy) is 2. The van der Waals surface area contributed by atoms with Crippen LogP contribution in [0, 0.1) is 25.7 Å². The standard InChI is InChI=1S/C24H35BN3O6P/c1-13-10-19(14(2)9-17(13)11-27-5-7-32-8-6-27)33-12-18-15(3)21-20(16(4)29)23(30)28(21)22(18)24(31)34-35-26-25/h9-10,15-16,20-21,26,29,35H,5-8,11-12,25H2,1-4H3/t15-,16+,20+,21+/m0/s1. The van der Waals surface area contributed by atoms with Gasteiger partial charge >= 0.3 is 5.97 Å². The lowest BCUT2D eigenvalue weighted by Gasteiger charge is -2.46. The van der Waals surface area contributed by atoms with E-state index in [9.17, 15) is 14.7 Å². The van der Waals surface area contributed by atoms with Gasteiger partial charge in [0.25, 0.3) is 0 Å². The third-order valence-corrected chi connectivity index (χ3v) is 7.76. The summed E-state index contributed by atoms with van der Waals surface area (Å²) in [6.07, 6.45) is -0.785. The van der Waals surface area contributed by atoms with E-state index in [1.807, 2.05) is 19.9 Å². The Labute approximate surface area is 209 Å². The first-order valence-electron chi connectivity index (χ1n) is 12.1. The minimum atomic E-state index is -0.785. The zero-order valence-corrected chi connectivity index (χ0v) is 22.1. The van der Waals surface area contributed by atoms with Crippen LogP contribution in [0.1, 0.15) is 30.5 Å². The second-order valence-corrected chi connectivity index (χ2v) is 10.5. The van der Waals surface area contributed by atoms with Crippen LogP contribution in [-0.4, -0.2) is 79.8 Å². The van der Waals surface area contributed by atoms with Crippen molar-refractivity contribution >= 4 is 28.8 Å². The lowest BCUT2D eigenvalue weighted by molar-refractivity contribution is -0.162. The molecule has 5 atom stereocenters. The predicted octanol–water partition coefficient (Wildman–Crippen LogP) is 0.815. The number of nitrogens with one attached hydrogen (secondary N) is 1. The van der Waals surface area contributed by atoms with Crippen molar-refractivity contribution in [1.29, 1.82) is 0 Å². The quantitative estimate of drug-likeness (QED) is 0.290. The Morgan fingerprint density at radius 2 is 2.03 bits per heavy atom. The largest absolute Gasteiger partial charge is 0.489 e. The van der Waals surface area contributed by atoms with Crippen molar-refractivity contribution in [2.45, 2.75) is 46.4 Å². The van der Waals surface area contributed by atoms with Crippen molar-refractivity contribution in [3.05, 3.63) is 40.1 Å². The predicted molar refractivity (Wildman–Crippen MR) is 136 cm³/mol. The van der Waals surface area contributed by atoms with Crippen molar-refractivity contribution in [3.8, 4) is 5.75 Å². The van der Waals surface area contributed by atoms with Crippen molar-refractivity contribution in [2.75, 3.05) is 32.9 Å². The lowest BCUT2D eigenvalue weighted by Crippen LogP contribution is -2.63. The number of carbonyl (C=O) groups excluding carboxylic acids is 2. The van der Waals surface area contributed by atoms with Crippen LogP contribution >= 0.6 is 8.96 Å². The average Bonchev–Trinajstić information content (AvgIpc) is 3.07. The molecule has 2 saturated heterocycles. The van der Waals surface area contributed by atoms with Gasteiger partial charge in [0.05, 0.1) is 31.3 Å². The summed E-state index contributed by atoms with van der Waals surface area (Å²) in [6.45, 7) is 12.1. The first kappa shape index (κ1) is 26.1. The Kier molecular flexibility index (Phi) is 8.18. The number of nitrogens with zero attached hydrogens (tertiary/aromatic N) is 2. The maximum Gasteiger partial charge on any atom is 0.358 e. The monoisotopic (exact) mass is 503 g/mol. The maximum absolute atomic E-state index is 12.9. The summed E-state index contributed by atoms with van der Waals surface area (Å²) in [5, 5.41) is 10.1. The van der Waals surface area contributed by atoms with Crippen LogP contribution in [0.25, 0.3) is 0 Å². The number of aliphatic hydroxyl groups excluding tert-OH is 1. The molecule has 0 saturated carbocycles. The van der Waals surface area contributed by atoms with Crippen LogP contribution < -0.4 is 9.74 Å². The highest BCUT2D eigenvalue weighted by Gasteiger charge is 2.60. The molecule has 1 amide bonds. The van der Waals surface area contributed by atoms with E-state index < -0.39 is 18.0 Å². The number of aliphatic hydroxyl groups is 1. The van der Waals surface area contributed by atoms with Crippen LogP contribution in [0.5, 0.6) is 5.75 Å². The number of hydrogen-bond donors (Lipinski definition) is 2. The molecule has 0 bridgehead atoms. The van der Waals surface area contributed by atoms with Gasteiger partial charge in [0.1, 0.15) is 27.0 Å². The molecule has 3 heterocycles. The normalized spacial score (nSPS) is 25.7. The second kappa shape index (κ2) is 11.0. The number of rotatable bonds is 9. The molecule has 4 rings (SSSR count). The molecular formula is C24H35BN3O6P. The van der Waals surface area contributed by atoms with Gasteiger partial charge in [-0.25, -0.2) is 4.79 Å². The average molecular weight is 503 g/mol. The first-order chi connectivity index (χ1) is 16.7. The molecule has 0 radical (unpaired) electrons. The third kappa shape index (κ3) is 5.13. The summed E-state index contributed by atoms with van der Waals surface area (Å²) in [4.78, 5) is 32.4. The number of carbonyl (C=O) groups is 2. The van der Waals surface area contributed by atoms with Gasteiger partial charge in [-0.3, -0.25) is 9.69 Å². The minimum Gasteiger partial charge on any atom is -0.489 e. The van der Waals surface area contributed by atoms with Gasteiger partial charge in [-0.1, -0.05) is 13.0 Å². The van der Waals surface area contributed by atoms with E-state index in [1.165, 1.54) is 10.5 Å². The van der Waals surface area contributed by atoms with Crippen molar-refractivity contribution in [2.24, 2.45) is 11.8 Å². The molecule has 2 fully saturated rings. The van der Waals surface area contributed by atoms with Crippen LogP contribution in [0.3, 0.4) is 0 Å². The van der Waals surface area contributed by atoms with Crippen LogP contribution in [0.4, 0.5) is 0 Å². The highest BCUT2D eigenvalue weighted by atomic mass is 31.1. The molecule has 11 heteroatoms. The number of morpholine rings is 1. The maximum atomic E-state index is 12.9. The van der Waals surface area contributed by atoms with E-state index in [2.05, 4.69) is 22.9 Å². The van der Waals surface area contributed by atoms with E-state index in [1.54, 1.807) is 14.9 Å². The number of aryl methyl sites for hydroxylation is 2. The van der Waals surface area contributed by atoms with E-state index >= 15 is 0 Å². The number of amides is 1. The molecule has 1 aromatic rings. The molecule has 2 N–H and O–H groups in total. The Hall–Kier alpha value is -1.97. The molecular weight excluding hydrogens is 468 g/mol. The number of β-lactam (4-membered cyclic amide) rings is 1. The fourth-order valence-corrected chi connectivity index (χ4v) is 5.59. The minimum absolute atomic E-state index is 0.130. The SMILES string of the molecule is BNPOC(=O)C1=C(COc2cc(C)c(CN3CCOCC3)cc2C)[C@H](C)[C@@H]2[C@@H]([C@@H](C)O)C(=O)N12. The smallest absolute Gasteiger partial charge is 0.358 e. The zero-order chi connectivity index (χ0) is 25.3. The highest BCUT2D eigenvalue weighted by Crippen LogP contribution is 2.47. The van der Waals surface area contributed by atoms with Crippen LogP contribution in [0.2, 0.25) is 0 Å². The van der Waals surface area contributed by atoms with Gasteiger partial charge in [0.15, 0.2) is 7.98 Å². The summed E-state index contributed by atoms with van der Waals surface area (Å²) in [5.41, 5.74) is 4.41. The molecule has 1 unspecified atom stereocenters. The van der Waals surface area contributed by atoms with Crippen LogP contribution in [0.15, 0.2) is 23.4 Å². The highest BCUT2D eigenvalue weighted by molar-refractivity contribution is 7.32. The third-order valence-electron chi connectivity index (χ3n) is 7.27. The van der Waals surface area contributed by atoms with Gasteiger partial charge in [-0.05, 0) is 43.5 Å². The van der Waals surface area contributed by atoms with Crippen molar-refractivity contribution < 1.29 is 28.7 Å². The molecule has 3 aliphatic rings. The van der Waals surface area contributed by atoms with E-state index in [0.717, 1.165) is 55.3 Å². The van der Waals surface area contributed by atoms with Gasteiger partial charge in [0, 0.05) is 31.1 Å². The second-order valence-electron chi connectivity index (χ2n) is 9.59. The number of fused-ring (bicyclic) bond motifs is 1. The summed E-state index contributed by atoms with van der Waals surface area (Å²) in [5.74, 6) is -0.691. The van der Waals surface area contributed by atoms with Gasteiger partial charge < -0.3 is 29.0 Å². The molecule has 0 aliphatic carbocycles. The molecule has 190 valence electrons. The fraction of sp³-hybridized carbons (Fsp3) is 0.583. The molecule has 1 aromatic carbocycles. The van der Waals surface area contributed by atoms with Gasteiger partial charge in [-0.2, -0.15) is 0 Å². The molecule has 0 aromatic heterocycles. The Morgan fingerprint density at radius 3 is 2.69 bits per heavy atom. The summed E-state index contributed by atoms with van der Waals surface area (Å²) < 4.78 is 17.0. The summed E-state index contributed by atoms with van der Waals surface area (Å²) in [6, 6.07) is 3.95. The van der Waals surface area contributed by atoms with E-state index in [0.29, 0.717) is 0 Å². The van der Waals surface area contributed by atoms with Crippen molar-refractivity contribution in [1.82, 2.24) is 14.8 Å². The fourth-order valence-electron chi connectivity index (χ4n) is 5.30. The number of hydrogen-bond acceptors (Lipinski definition) is 8. The molecule has 0 spiro atoms. The first-order valence-corrected chi connectivity index (χ1v) is 13.1.